The molecule has 0 bridgehead atoms. The fraction of sp³-hybridized carbons (Fsp3) is 0.133. The van der Waals surface area contributed by atoms with Crippen LogP contribution < -0.4 is 0 Å². The zero-order chi connectivity index (χ0) is 17.3. The number of nitro benzene ring substituents is 1. The van der Waals surface area contributed by atoms with Crippen molar-refractivity contribution < 1.29 is 14.5 Å². The molecule has 3 rings (SSSR count). The number of non-ortho nitro benzene ring substituents is 1. The van der Waals surface area contributed by atoms with Crippen LogP contribution in [0, 0.1) is 10.1 Å². The number of hydrogen-bond donors (Lipinski definition) is 0. The lowest BCUT2D eigenvalue weighted by molar-refractivity contribution is -0.385. The summed E-state index contributed by atoms with van der Waals surface area (Å²) >= 11 is 3.31. The van der Waals surface area contributed by atoms with Gasteiger partial charge in [0.1, 0.15) is 0 Å². The van der Waals surface area contributed by atoms with Crippen LogP contribution in [0.3, 0.4) is 0 Å². The lowest BCUT2D eigenvalue weighted by atomic mass is 10.1. The Labute approximate surface area is 145 Å². The molecule has 1 aliphatic rings. The molecule has 0 N–H and O–H groups in total. The van der Waals surface area contributed by atoms with Gasteiger partial charge in [0.15, 0.2) is 0 Å². The molecule has 0 saturated carbocycles. The number of carbonyl (C=O) groups is 1. The molecule has 0 aliphatic carbocycles. The molecule has 0 fully saturated rings. The Morgan fingerprint density at radius 1 is 1.38 bits per heavy atom. The first-order chi connectivity index (χ1) is 11.5. The van der Waals surface area contributed by atoms with Crippen LogP contribution in [0.4, 0.5) is 5.69 Å². The standard InChI is InChI=1S/C15H11BrN4O4/c1-9(21)19-15(10-3-2-4-13(6-10)20(22)23)24-14(18-19)11-5-12(16)8-17-7-11/h2-8,15H,1H3/t15-/m0/s1. The fourth-order valence-corrected chi connectivity index (χ4v) is 2.59. The van der Waals surface area contributed by atoms with Crippen LogP contribution in [-0.4, -0.2) is 26.7 Å². The van der Waals surface area contributed by atoms with E-state index in [0.29, 0.717) is 11.1 Å². The van der Waals surface area contributed by atoms with E-state index in [1.54, 1.807) is 24.5 Å². The lowest BCUT2D eigenvalue weighted by Gasteiger charge is -2.19. The highest BCUT2D eigenvalue weighted by Gasteiger charge is 2.34. The molecule has 2 aromatic rings. The second kappa shape index (κ2) is 6.36. The van der Waals surface area contributed by atoms with Crippen LogP contribution in [0.25, 0.3) is 0 Å². The molecule has 122 valence electrons. The minimum absolute atomic E-state index is 0.0859. The molecule has 1 aliphatic heterocycles. The van der Waals surface area contributed by atoms with Crippen molar-refractivity contribution in [2.45, 2.75) is 13.2 Å². The van der Waals surface area contributed by atoms with Gasteiger partial charge in [-0.2, -0.15) is 5.01 Å². The average molecular weight is 391 g/mol. The topological polar surface area (TPSA) is 97.9 Å². The van der Waals surface area contributed by atoms with Gasteiger partial charge in [-0.15, -0.1) is 5.10 Å². The molecule has 1 atom stereocenters. The van der Waals surface area contributed by atoms with Gasteiger partial charge in [-0.05, 0) is 22.0 Å². The summed E-state index contributed by atoms with van der Waals surface area (Å²) in [6, 6.07) is 7.66. The van der Waals surface area contributed by atoms with E-state index in [4.69, 9.17) is 4.74 Å². The fourth-order valence-electron chi connectivity index (χ4n) is 2.22. The van der Waals surface area contributed by atoms with Gasteiger partial charge in [-0.3, -0.25) is 19.9 Å². The van der Waals surface area contributed by atoms with Crippen molar-refractivity contribution in [1.29, 1.82) is 0 Å². The zero-order valence-corrected chi connectivity index (χ0v) is 14.0. The van der Waals surface area contributed by atoms with Crippen molar-refractivity contribution in [1.82, 2.24) is 9.99 Å². The first-order valence-corrected chi connectivity index (χ1v) is 7.65. The summed E-state index contributed by atoms with van der Waals surface area (Å²) < 4.78 is 6.50. The SMILES string of the molecule is CC(=O)N1N=C(c2cncc(Br)c2)O[C@H]1c1cccc([N+](=O)[O-])c1. The van der Waals surface area contributed by atoms with Gasteiger partial charge in [-0.1, -0.05) is 12.1 Å². The van der Waals surface area contributed by atoms with Crippen LogP contribution >= 0.6 is 15.9 Å². The van der Waals surface area contributed by atoms with Gasteiger partial charge < -0.3 is 4.74 Å². The number of rotatable bonds is 3. The second-order valence-corrected chi connectivity index (χ2v) is 5.90. The number of hydrazone groups is 1. The predicted octanol–water partition coefficient (Wildman–Crippen LogP) is 2.99. The van der Waals surface area contributed by atoms with E-state index in [1.807, 2.05) is 0 Å². The number of amides is 1. The molecule has 1 amide bonds. The number of benzene rings is 1. The van der Waals surface area contributed by atoms with E-state index in [-0.39, 0.29) is 17.5 Å². The van der Waals surface area contributed by atoms with Gasteiger partial charge in [0.25, 0.3) is 5.69 Å². The Bertz CT molecular complexity index is 855. The Balaban J connectivity index is 1.97. The second-order valence-electron chi connectivity index (χ2n) is 4.98. The summed E-state index contributed by atoms with van der Waals surface area (Å²) in [7, 11) is 0. The van der Waals surface area contributed by atoms with E-state index in [1.165, 1.54) is 25.1 Å². The molecule has 24 heavy (non-hydrogen) atoms. The lowest BCUT2D eigenvalue weighted by Crippen LogP contribution is -2.25. The van der Waals surface area contributed by atoms with Crippen molar-refractivity contribution in [2.24, 2.45) is 5.10 Å². The molecule has 0 saturated heterocycles. The number of aromatic nitrogens is 1. The first kappa shape index (κ1) is 16.1. The minimum Gasteiger partial charge on any atom is -0.446 e. The summed E-state index contributed by atoms with van der Waals surface area (Å²) in [4.78, 5) is 26.4. The third-order valence-electron chi connectivity index (χ3n) is 3.28. The highest BCUT2D eigenvalue weighted by molar-refractivity contribution is 9.10. The molecule has 9 heteroatoms. The Kier molecular flexibility index (Phi) is 4.26. The molecule has 0 spiro atoms. The van der Waals surface area contributed by atoms with E-state index < -0.39 is 11.2 Å². The van der Waals surface area contributed by atoms with Crippen LogP contribution in [0.5, 0.6) is 0 Å². The van der Waals surface area contributed by atoms with Gasteiger partial charge in [0.05, 0.1) is 10.5 Å². The minimum atomic E-state index is -0.864. The van der Waals surface area contributed by atoms with Gasteiger partial charge in [0, 0.05) is 41.5 Å². The monoisotopic (exact) mass is 390 g/mol. The molecule has 0 unspecified atom stereocenters. The molecule has 0 radical (unpaired) electrons. The Hall–Kier alpha value is -2.81. The Morgan fingerprint density at radius 2 is 2.17 bits per heavy atom. The van der Waals surface area contributed by atoms with E-state index in [0.717, 1.165) is 9.48 Å². The predicted molar refractivity (Wildman–Crippen MR) is 87.9 cm³/mol. The maximum atomic E-state index is 11.9. The molecule has 2 heterocycles. The van der Waals surface area contributed by atoms with Crippen molar-refractivity contribution in [3.63, 3.8) is 0 Å². The maximum Gasteiger partial charge on any atom is 0.269 e. The third kappa shape index (κ3) is 3.11. The zero-order valence-electron chi connectivity index (χ0n) is 12.4. The molecule has 1 aromatic heterocycles. The molecule has 1 aromatic carbocycles. The van der Waals surface area contributed by atoms with Crippen LogP contribution in [0.1, 0.15) is 24.3 Å². The maximum absolute atomic E-state index is 11.9. The van der Waals surface area contributed by atoms with Crippen molar-refractivity contribution >= 4 is 33.4 Å². The number of nitro groups is 1. The van der Waals surface area contributed by atoms with Gasteiger partial charge in [0.2, 0.25) is 18.0 Å². The van der Waals surface area contributed by atoms with Gasteiger partial charge >= 0.3 is 0 Å². The highest BCUT2D eigenvalue weighted by atomic mass is 79.9. The molecular weight excluding hydrogens is 380 g/mol. The molecule has 8 nitrogen and oxygen atoms in total. The van der Waals surface area contributed by atoms with Gasteiger partial charge in [-0.25, -0.2) is 0 Å². The number of pyridine rings is 1. The number of nitrogens with zero attached hydrogens (tertiary/aromatic N) is 4. The average Bonchev–Trinajstić information content (AvgIpc) is 3.00. The van der Waals surface area contributed by atoms with Crippen LogP contribution in [-0.2, 0) is 9.53 Å². The molecular formula is C15H11BrN4O4. The summed E-state index contributed by atoms with van der Waals surface area (Å²) in [6.07, 6.45) is 2.30. The largest absolute Gasteiger partial charge is 0.446 e. The summed E-state index contributed by atoms with van der Waals surface area (Å²) in [6.45, 7) is 1.35. The van der Waals surface area contributed by atoms with E-state index in [2.05, 4.69) is 26.0 Å². The third-order valence-corrected chi connectivity index (χ3v) is 3.72. The quantitative estimate of drug-likeness (QED) is 0.592. The number of ether oxygens (including phenoxy) is 1. The number of carbonyl (C=O) groups excluding carboxylic acids is 1. The Morgan fingerprint density at radius 3 is 2.83 bits per heavy atom. The van der Waals surface area contributed by atoms with Crippen molar-refractivity contribution in [3.8, 4) is 0 Å². The van der Waals surface area contributed by atoms with Crippen molar-refractivity contribution in [2.75, 3.05) is 0 Å². The number of halogens is 1. The van der Waals surface area contributed by atoms with E-state index in [9.17, 15) is 14.9 Å². The van der Waals surface area contributed by atoms with Crippen LogP contribution in [0.15, 0.2) is 52.3 Å². The normalized spacial score (nSPS) is 16.5. The number of hydrogen-bond acceptors (Lipinski definition) is 6. The summed E-state index contributed by atoms with van der Waals surface area (Å²) in [5.41, 5.74) is 0.960. The summed E-state index contributed by atoms with van der Waals surface area (Å²) in [5, 5.41) is 16.3. The van der Waals surface area contributed by atoms with E-state index >= 15 is 0 Å². The first-order valence-electron chi connectivity index (χ1n) is 6.86. The summed E-state index contributed by atoms with van der Waals surface area (Å²) in [5.74, 6) is -0.125. The van der Waals surface area contributed by atoms with Crippen molar-refractivity contribution in [3.05, 3.63) is 68.4 Å². The van der Waals surface area contributed by atoms with Crippen LogP contribution in [0.2, 0.25) is 0 Å². The highest BCUT2D eigenvalue weighted by Crippen LogP contribution is 2.32. The smallest absolute Gasteiger partial charge is 0.269 e.